The Morgan fingerprint density at radius 2 is 2.00 bits per heavy atom. The third kappa shape index (κ3) is 2.99. The monoisotopic (exact) mass is 342 g/mol. The molecule has 8 heteroatoms. The molecule has 0 unspecified atom stereocenters. The standard InChI is InChI=1S/C14H18N2O4S2/c17-9(15-5-2-1-3-6-15)4-7-21-14-12(13(19)20)16-10(18)8-11(16)22-14/h11H,1-8H2,(H,19,20)/t11-/m1/s1. The maximum absolute atomic E-state index is 12.1. The van der Waals surface area contributed by atoms with E-state index in [-0.39, 0.29) is 22.9 Å². The normalized spacial score (nSPS) is 24.4. The van der Waals surface area contributed by atoms with Crippen molar-refractivity contribution in [2.45, 2.75) is 37.5 Å². The van der Waals surface area contributed by atoms with E-state index in [2.05, 4.69) is 0 Å². The minimum absolute atomic E-state index is 0.0566. The summed E-state index contributed by atoms with van der Waals surface area (Å²) in [7, 11) is 0. The van der Waals surface area contributed by atoms with Crippen LogP contribution in [0.2, 0.25) is 0 Å². The third-order valence-electron chi connectivity index (χ3n) is 4.04. The number of carbonyl (C=O) groups is 3. The van der Waals surface area contributed by atoms with Crippen LogP contribution in [0.3, 0.4) is 0 Å². The lowest BCUT2D eigenvalue weighted by molar-refractivity contribution is -0.145. The van der Waals surface area contributed by atoms with E-state index in [0.29, 0.717) is 22.8 Å². The van der Waals surface area contributed by atoms with Gasteiger partial charge >= 0.3 is 5.97 Å². The van der Waals surface area contributed by atoms with Gasteiger partial charge in [0.05, 0.1) is 16.0 Å². The molecule has 0 radical (unpaired) electrons. The highest BCUT2D eigenvalue weighted by Crippen LogP contribution is 2.50. The van der Waals surface area contributed by atoms with Crippen molar-refractivity contribution < 1.29 is 19.5 Å². The van der Waals surface area contributed by atoms with Gasteiger partial charge in [-0.2, -0.15) is 0 Å². The fraction of sp³-hybridized carbons (Fsp3) is 0.643. The number of aliphatic carboxylic acids is 1. The van der Waals surface area contributed by atoms with Gasteiger partial charge in [0.1, 0.15) is 0 Å². The first-order chi connectivity index (χ1) is 10.6. The largest absolute Gasteiger partial charge is 0.477 e. The second-order valence-electron chi connectivity index (χ2n) is 5.52. The molecule has 2 fully saturated rings. The van der Waals surface area contributed by atoms with Gasteiger partial charge in [0.15, 0.2) is 5.70 Å². The quantitative estimate of drug-likeness (QED) is 0.766. The number of hydrogen-bond acceptors (Lipinski definition) is 5. The molecule has 3 rings (SSSR count). The van der Waals surface area contributed by atoms with Gasteiger partial charge in [-0.05, 0) is 19.3 Å². The number of nitrogens with zero attached hydrogens (tertiary/aromatic N) is 2. The fourth-order valence-electron chi connectivity index (χ4n) is 2.85. The van der Waals surface area contributed by atoms with Gasteiger partial charge in [0, 0.05) is 25.3 Å². The van der Waals surface area contributed by atoms with Crippen molar-refractivity contribution in [3.63, 3.8) is 0 Å². The van der Waals surface area contributed by atoms with E-state index < -0.39 is 5.97 Å². The molecule has 120 valence electrons. The number of fused-ring (bicyclic) bond motifs is 1. The topological polar surface area (TPSA) is 77.9 Å². The Morgan fingerprint density at radius 1 is 1.27 bits per heavy atom. The Morgan fingerprint density at radius 3 is 2.64 bits per heavy atom. The SMILES string of the molecule is O=C(O)C1=C(SCCC(=O)N2CCCCC2)S[C@@H]2CC(=O)N12. The smallest absolute Gasteiger partial charge is 0.354 e. The molecule has 2 amide bonds. The Bertz CT molecular complexity index is 543. The lowest BCUT2D eigenvalue weighted by Gasteiger charge is -2.33. The Kier molecular flexibility index (Phi) is 4.67. The van der Waals surface area contributed by atoms with Crippen LogP contribution in [0.4, 0.5) is 0 Å². The Hall–Kier alpha value is -1.15. The fourth-order valence-corrected chi connectivity index (χ4v) is 5.59. The van der Waals surface area contributed by atoms with Crippen LogP contribution in [0.25, 0.3) is 0 Å². The van der Waals surface area contributed by atoms with Crippen LogP contribution < -0.4 is 0 Å². The predicted molar refractivity (Wildman–Crippen MR) is 85.0 cm³/mol. The van der Waals surface area contributed by atoms with E-state index in [1.54, 1.807) is 0 Å². The zero-order valence-corrected chi connectivity index (χ0v) is 13.8. The molecule has 3 heterocycles. The summed E-state index contributed by atoms with van der Waals surface area (Å²) in [4.78, 5) is 38.2. The second kappa shape index (κ2) is 6.54. The summed E-state index contributed by atoms with van der Waals surface area (Å²) in [5.74, 6) is -0.488. The highest BCUT2D eigenvalue weighted by Gasteiger charge is 2.48. The van der Waals surface area contributed by atoms with Crippen LogP contribution in [0, 0.1) is 0 Å². The Balaban J connectivity index is 1.54. The molecule has 2 saturated heterocycles. The average Bonchev–Trinajstić information content (AvgIpc) is 2.80. The molecule has 0 bridgehead atoms. The van der Waals surface area contributed by atoms with Crippen molar-refractivity contribution in [3.05, 3.63) is 9.93 Å². The molecular weight excluding hydrogens is 324 g/mol. The van der Waals surface area contributed by atoms with Crippen LogP contribution in [0.5, 0.6) is 0 Å². The summed E-state index contributed by atoms with van der Waals surface area (Å²) in [6.07, 6.45) is 4.15. The molecule has 6 nitrogen and oxygen atoms in total. The molecule has 1 N–H and O–H groups in total. The van der Waals surface area contributed by atoms with Crippen molar-refractivity contribution >= 4 is 41.3 Å². The summed E-state index contributed by atoms with van der Waals surface area (Å²) in [5.41, 5.74) is 0.0988. The molecular formula is C14H18N2O4S2. The van der Waals surface area contributed by atoms with E-state index in [9.17, 15) is 19.5 Å². The minimum atomic E-state index is -1.06. The number of β-lactam (4-membered cyclic amide) rings is 1. The van der Waals surface area contributed by atoms with E-state index in [4.69, 9.17) is 0 Å². The molecule has 22 heavy (non-hydrogen) atoms. The molecule has 0 aromatic rings. The van der Waals surface area contributed by atoms with Gasteiger partial charge in [-0.15, -0.1) is 11.8 Å². The van der Waals surface area contributed by atoms with Gasteiger partial charge < -0.3 is 10.0 Å². The van der Waals surface area contributed by atoms with Crippen molar-refractivity contribution in [2.24, 2.45) is 0 Å². The first-order valence-corrected chi connectivity index (χ1v) is 9.31. The van der Waals surface area contributed by atoms with Crippen molar-refractivity contribution in [3.8, 4) is 0 Å². The van der Waals surface area contributed by atoms with Gasteiger partial charge in [0.25, 0.3) is 0 Å². The highest BCUT2D eigenvalue weighted by atomic mass is 32.2. The van der Waals surface area contributed by atoms with E-state index >= 15 is 0 Å². The first-order valence-electron chi connectivity index (χ1n) is 7.45. The number of hydrogen-bond donors (Lipinski definition) is 1. The predicted octanol–water partition coefficient (Wildman–Crippen LogP) is 1.68. The van der Waals surface area contributed by atoms with Gasteiger partial charge in [0.2, 0.25) is 11.8 Å². The number of thioether (sulfide) groups is 2. The summed E-state index contributed by atoms with van der Waals surface area (Å²) in [6, 6.07) is 0. The van der Waals surface area contributed by atoms with Crippen molar-refractivity contribution in [1.82, 2.24) is 9.80 Å². The maximum atomic E-state index is 12.1. The van der Waals surface area contributed by atoms with Crippen LogP contribution in [0.1, 0.15) is 32.1 Å². The number of likely N-dealkylation sites (tertiary alicyclic amines) is 1. The van der Waals surface area contributed by atoms with E-state index in [0.717, 1.165) is 25.9 Å². The molecule has 0 spiro atoms. The van der Waals surface area contributed by atoms with Crippen LogP contribution in [-0.4, -0.2) is 56.9 Å². The zero-order chi connectivity index (χ0) is 15.7. The number of carboxylic acids is 1. The van der Waals surface area contributed by atoms with Crippen molar-refractivity contribution in [2.75, 3.05) is 18.8 Å². The molecule has 0 aliphatic carbocycles. The zero-order valence-electron chi connectivity index (χ0n) is 12.1. The van der Waals surface area contributed by atoms with Crippen LogP contribution in [-0.2, 0) is 14.4 Å². The maximum Gasteiger partial charge on any atom is 0.354 e. The molecule has 0 aromatic carbocycles. The number of carbonyl (C=O) groups excluding carboxylic acids is 2. The number of amides is 2. The van der Waals surface area contributed by atoms with E-state index in [1.165, 1.54) is 34.8 Å². The van der Waals surface area contributed by atoms with Gasteiger partial charge in [-0.1, -0.05) is 11.8 Å². The van der Waals surface area contributed by atoms with Crippen LogP contribution in [0.15, 0.2) is 9.93 Å². The molecule has 0 saturated carbocycles. The molecule has 1 atom stereocenters. The average molecular weight is 342 g/mol. The van der Waals surface area contributed by atoms with Gasteiger partial charge in [-0.3, -0.25) is 14.5 Å². The summed E-state index contributed by atoms with van der Waals surface area (Å²) < 4.78 is 0.662. The molecule has 3 aliphatic rings. The first kappa shape index (κ1) is 15.7. The minimum Gasteiger partial charge on any atom is -0.477 e. The van der Waals surface area contributed by atoms with E-state index in [1.807, 2.05) is 4.90 Å². The molecule has 3 aliphatic heterocycles. The Labute approximate surface area is 137 Å². The van der Waals surface area contributed by atoms with Crippen LogP contribution >= 0.6 is 23.5 Å². The summed E-state index contributed by atoms with van der Waals surface area (Å²) in [6.45, 7) is 1.68. The number of piperidine rings is 1. The summed E-state index contributed by atoms with van der Waals surface area (Å²) in [5, 5.41) is 9.23. The highest BCUT2D eigenvalue weighted by molar-refractivity contribution is 8.22. The lowest BCUT2D eigenvalue weighted by Crippen LogP contribution is -2.48. The number of carboxylic acid groups (broad SMARTS) is 1. The van der Waals surface area contributed by atoms with Gasteiger partial charge in [-0.25, -0.2) is 4.79 Å². The third-order valence-corrected chi connectivity index (χ3v) is 6.61. The van der Waals surface area contributed by atoms with Crippen molar-refractivity contribution in [1.29, 1.82) is 0 Å². The second-order valence-corrected chi connectivity index (χ2v) is 8.07. The summed E-state index contributed by atoms with van der Waals surface area (Å²) >= 11 is 2.81. The number of rotatable bonds is 5. The lowest BCUT2D eigenvalue weighted by atomic mass is 10.1. The molecule has 0 aromatic heterocycles.